The molecular weight excluding hydrogens is 361 g/mol. The van der Waals surface area contributed by atoms with Crippen LogP contribution in [0.4, 0.5) is 0 Å². The predicted molar refractivity (Wildman–Crippen MR) is 97.6 cm³/mol. The number of imidazole rings is 1. The zero-order chi connectivity index (χ0) is 18.0. The molecule has 25 heavy (non-hydrogen) atoms. The Hall–Kier alpha value is -1.56. The van der Waals surface area contributed by atoms with Gasteiger partial charge in [0.2, 0.25) is 0 Å². The van der Waals surface area contributed by atoms with E-state index in [1.54, 1.807) is 18.3 Å². The third kappa shape index (κ3) is 4.17. The van der Waals surface area contributed by atoms with Crippen molar-refractivity contribution in [3.8, 4) is 0 Å². The highest BCUT2D eigenvalue weighted by molar-refractivity contribution is 6.30. The van der Waals surface area contributed by atoms with E-state index in [0.717, 1.165) is 24.2 Å². The molecule has 0 radical (unpaired) electrons. The Morgan fingerprint density at radius 2 is 2.04 bits per heavy atom. The molecule has 1 atom stereocenters. The predicted octanol–water partition coefficient (Wildman–Crippen LogP) is 4.00. The van der Waals surface area contributed by atoms with Gasteiger partial charge in [-0.1, -0.05) is 35.3 Å². The molecule has 0 N–H and O–H groups in total. The van der Waals surface area contributed by atoms with Gasteiger partial charge < -0.3 is 9.30 Å². The van der Waals surface area contributed by atoms with Gasteiger partial charge in [-0.2, -0.15) is 0 Å². The van der Waals surface area contributed by atoms with Crippen LogP contribution in [0.5, 0.6) is 0 Å². The Morgan fingerprint density at radius 3 is 2.56 bits per heavy atom. The van der Waals surface area contributed by atoms with E-state index in [2.05, 4.69) is 9.88 Å². The summed E-state index contributed by atoms with van der Waals surface area (Å²) in [4.78, 5) is 19.3. The number of rotatable bonds is 7. The molecule has 1 aliphatic carbocycles. The molecule has 0 amide bonds. The molecule has 1 aromatic carbocycles. The zero-order valence-corrected chi connectivity index (χ0v) is 15.8. The van der Waals surface area contributed by atoms with Crippen molar-refractivity contribution in [2.24, 2.45) is 7.05 Å². The molecule has 7 heteroatoms. The minimum absolute atomic E-state index is 0.253. The number of nitrogens with zero attached hydrogens (tertiary/aromatic N) is 3. The number of hydrogen-bond donors (Lipinski definition) is 0. The molecule has 1 fully saturated rings. The van der Waals surface area contributed by atoms with Crippen LogP contribution in [0.25, 0.3) is 0 Å². The number of carbonyl (C=O) groups excluding carboxylic acids is 1. The second kappa shape index (κ2) is 7.77. The number of esters is 1. The van der Waals surface area contributed by atoms with Crippen molar-refractivity contribution in [3.63, 3.8) is 0 Å². The van der Waals surface area contributed by atoms with E-state index in [0.29, 0.717) is 29.4 Å². The Bertz CT molecular complexity index is 741. The lowest BCUT2D eigenvalue weighted by molar-refractivity contribution is -0.150. The molecule has 0 bridgehead atoms. The monoisotopic (exact) mass is 381 g/mol. The van der Waals surface area contributed by atoms with Gasteiger partial charge in [-0.25, -0.2) is 9.78 Å². The van der Waals surface area contributed by atoms with Crippen molar-refractivity contribution in [1.82, 2.24) is 14.5 Å². The lowest BCUT2D eigenvalue weighted by atomic mass is 10.0. The first-order valence-corrected chi connectivity index (χ1v) is 9.10. The van der Waals surface area contributed by atoms with Crippen molar-refractivity contribution in [1.29, 1.82) is 0 Å². The minimum Gasteiger partial charge on any atom is -0.465 e. The number of halogens is 2. The summed E-state index contributed by atoms with van der Waals surface area (Å²) in [5.41, 5.74) is 0.870. The summed E-state index contributed by atoms with van der Waals surface area (Å²) in [7, 11) is 1.87. The van der Waals surface area contributed by atoms with Crippen molar-refractivity contribution in [2.45, 2.75) is 38.4 Å². The molecule has 1 aromatic heterocycles. The number of aromatic nitrogens is 2. The number of hydrogen-bond acceptors (Lipinski definition) is 4. The van der Waals surface area contributed by atoms with E-state index in [-0.39, 0.29) is 5.97 Å². The van der Waals surface area contributed by atoms with Crippen molar-refractivity contribution in [2.75, 3.05) is 6.61 Å². The quantitative estimate of drug-likeness (QED) is 0.680. The highest BCUT2D eigenvalue weighted by atomic mass is 35.5. The van der Waals surface area contributed by atoms with E-state index < -0.39 is 6.04 Å². The molecular formula is C18H21Cl2N3O2. The first-order chi connectivity index (χ1) is 12.0. The van der Waals surface area contributed by atoms with Gasteiger partial charge in [-0.3, -0.25) is 4.90 Å². The van der Waals surface area contributed by atoms with Gasteiger partial charge in [0.1, 0.15) is 17.0 Å². The standard InChI is InChI=1S/C18H21Cl2N3O2/c1-3-25-18(24)17(12-4-6-13(19)7-5-12)23(14-8-9-14)11-16-21-10-15(20)22(16)2/h4-7,10,14,17H,3,8-9,11H2,1-2H3. The zero-order valence-electron chi connectivity index (χ0n) is 14.3. The van der Waals surface area contributed by atoms with Gasteiger partial charge in [-0.05, 0) is 37.5 Å². The summed E-state index contributed by atoms with van der Waals surface area (Å²) in [6, 6.07) is 7.20. The molecule has 0 saturated heterocycles. The number of benzene rings is 1. The molecule has 3 rings (SSSR count). The van der Waals surface area contributed by atoms with Crippen LogP contribution in [0.1, 0.15) is 37.2 Å². The van der Waals surface area contributed by atoms with Crippen molar-refractivity contribution >= 4 is 29.2 Å². The van der Waals surface area contributed by atoms with Gasteiger partial charge in [0.05, 0.1) is 19.3 Å². The summed E-state index contributed by atoms with van der Waals surface area (Å²) < 4.78 is 7.19. The Kier molecular flexibility index (Phi) is 5.67. The van der Waals surface area contributed by atoms with E-state index in [9.17, 15) is 4.79 Å². The topological polar surface area (TPSA) is 47.4 Å². The first kappa shape index (κ1) is 18.2. The fraction of sp³-hybridized carbons (Fsp3) is 0.444. The SMILES string of the molecule is CCOC(=O)C(c1ccc(Cl)cc1)N(Cc1ncc(Cl)n1C)C1CC1. The molecule has 2 aromatic rings. The average molecular weight is 382 g/mol. The van der Waals surface area contributed by atoms with E-state index in [4.69, 9.17) is 27.9 Å². The molecule has 1 unspecified atom stereocenters. The fourth-order valence-electron chi connectivity index (χ4n) is 2.90. The van der Waals surface area contributed by atoms with E-state index in [1.807, 2.05) is 30.7 Å². The summed E-state index contributed by atoms with van der Waals surface area (Å²) in [5, 5.41) is 1.21. The smallest absolute Gasteiger partial charge is 0.328 e. The molecule has 134 valence electrons. The lowest BCUT2D eigenvalue weighted by Crippen LogP contribution is -2.37. The van der Waals surface area contributed by atoms with Crippen LogP contribution in [0.15, 0.2) is 30.5 Å². The van der Waals surface area contributed by atoms with Gasteiger partial charge in [0.15, 0.2) is 0 Å². The largest absolute Gasteiger partial charge is 0.465 e. The van der Waals surface area contributed by atoms with E-state index >= 15 is 0 Å². The molecule has 0 aliphatic heterocycles. The van der Waals surface area contributed by atoms with Crippen LogP contribution in [0.2, 0.25) is 10.2 Å². The maximum atomic E-state index is 12.7. The van der Waals surface area contributed by atoms with Crippen LogP contribution < -0.4 is 0 Å². The summed E-state index contributed by atoms with van der Waals surface area (Å²) in [5.74, 6) is 0.567. The minimum atomic E-state index is -0.486. The molecule has 0 spiro atoms. The Balaban J connectivity index is 1.94. The van der Waals surface area contributed by atoms with Crippen molar-refractivity contribution < 1.29 is 9.53 Å². The van der Waals surface area contributed by atoms with Crippen LogP contribution in [0.3, 0.4) is 0 Å². The Labute approximate surface area is 157 Å². The highest BCUT2D eigenvalue weighted by Gasteiger charge is 2.39. The van der Waals surface area contributed by atoms with Gasteiger partial charge in [0, 0.05) is 18.1 Å². The molecule has 5 nitrogen and oxygen atoms in total. The molecule has 1 heterocycles. The lowest BCUT2D eigenvalue weighted by Gasteiger charge is -2.30. The summed E-state index contributed by atoms with van der Waals surface area (Å²) >= 11 is 12.1. The number of ether oxygens (including phenoxy) is 1. The van der Waals surface area contributed by atoms with Crippen LogP contribution in [-0.4, -0.2) is 33.1 Å². The first-order valence-electron chi connectivity index (χ1n) is 8.35. The van der Waals surface area contributed by atoms with Gasteiger partial charge in [0.25, 0.3) is 0 Å². The number of carbonyl (C=O) groups is 1. The summed E-state index contributed by atoms with van der Waals surface area (Å²) in [6.45, 7) is 2.69. The Morgan fingerprint density at radius 1 is 1.36 bits per heavy atom. The van der Waals surface area contributed by atoms with Gasteiger partial charge in [-0.15, -0.1) is 0 Å². The van der Waals surface area contributed by atoms with Gasteiger partial charge >= 0.3 is 5.97 Å². The normalized spacial score (nSPS) is 15.4. The fourth-order valence-corrected chi connectivity index (χ4v) is 3.17. The second-order valence-corrected chi connectivity index (χ2v) is 6.99. The highest BCUT2D eigenvalue weighted by Crippen LogP contribution is 2.37. The third-order valence-corrected chi connectivity index (χ3v) is 5.00. The average Bonchev–Trinajstić information content (AvgIpc) is 3.38. The van der Waals surface area contributed by atoms with E-state index in [1.165, 1.54) is 0 Å². The molecule has 1 aliphatic rings. The van der Waals surface area contributed by atoms with Crippen LogP contribution in [-0.2, 0) is 23.1 Å². The summed E-state index contributed by atoms with van der Waals surface area (Å²) in [6.07, 6.45) is 3.74. The van der Waals surface area contributed by atoms with Crippen LogP contribution in [0, 0.1) is 0 Å². The van der Waals surface area contributed by atoms with Crippen LogP contribution >= 0.6 is 23.2 Å². The maximum Gasteiger partial charge on any atom is 0.328 e. The molecule has 1 saturated carbocycles. The second-order valence-electron chi connectivity index (χ2n) is 6.17. The maximum absolute atomic E-state index is 12.7. The third-order valence-electron chi connectivity index (χ3n) is 4.39. The van der Waals surface area contributed by atoms with Crippen molar-refractivity contribution in [3.05, 3.63) is 52.0 Å².